The van der Waals surface area contributed by atoms with Crippen molar-refractivity contribution < 1.29 is 47.4 Å². The predicted octanol–water partition coefficient (Wildman–Crippen LogP) is 5.41. The molecule has 2 rings (SSSR count). The Morgan fingerprint density at radius 1 is 0.517 bits per heavy atom. The Balaban J connectivity index is 0. The minimum Gasteiger partial charge on any atom is -0.781 e. The van der Waals surface area contributed by atoms with E-state index in [1.165, 1.54) is 0 Å². The SMILES string of the molecule is FC(F)(F)/C([S-])=C(/[S-])C(F)(F)F.[Mo].[S-]c1ccccc1[S-].[S-]c1ccccc1[S-]. The summed E-state index contributed by atoms with van der Waals surface area (Å²) < 4.78 is 69.0. The summed E-state index contributed by atoms with van der Waals surface area (Å²) >= 11 is 26.3. The zero-order valence-corrected chi connectivity index (χ0v) is 20.7. The van der Waals surface area contributed by atoms with E-state index in [-0.39, 0.29) is 21.1 Å². The number of benzene rings is 2. The molecule has 0 N–H and O–H groups in total. The van der Waals surface area contributed by atoms with E-state index < -0.39 is 22.2 Å². The van der Waals surface area contributed by atoms with Crippen LogP contribution in [-0.2, 0) is 96.8 Å². The first-order valence-electron chi connectivity index (χ1n) is 6.76. The van der Waals surface area contributed by atoms with Crippen molar-refractivity contribution >= 4 is 75.8 Å². The second-order valence-corrected chi connectivity index (χ2v) is 7.12. The van der Waals surface area contributed by atoms with E-state index in [1.807, 2.05) is 48.5 Å². The molecule has 0 nitrogen and oxygen atoms in total. The van der Waals surface area contributed by atoms with Crippen LogP contribution in [0.15, 0.2) is 77.9 Å². The van der Waals surface area contributed by atoms with Crippen LogP contribution in [0.3, 0.4) is 0 Å². The first-order valence-corrected chi connectivity index (χ1v) is 9.21. The zero-order valence-electron chi connectivity index (χ0n) is 13.7. The third-order valence-electron chi connectivity index (χ3n) is 2.42. The first-order chi connectivity index (χ1) is 12.7. The van der Waals surface area contributed by atoms with E-state index in [0.717, 1.165) is 19.6 Å². The number of hydrogen-bond donors (Lipinski definition) is 0. The molecule has 0 aliphatic carbocycles. The van der Waals surface area contributed by atoms with Crippen LogP contribution in [0.5, 0.6) is 0 Å². The summed E-state index contributed by atoms with van der Waals surface area (Å²) in [6, 6.07) is 14.9. The summed E-state index contributed by atoms with van der Waals surface area (Å²) in [6.07, 6.45) is -10.4. The molecule has 0 radical (unpaired) electrons. The maximum Gasteiger partial charge on any atom is 0.391 e. The average molecular weight is 603 g/mol. The summed E-state index contributed by atoms with van der Waals surface area (Å²) in [4.78, 5) is -1.34. The molecule has 0 unspecified atom stereocenters. The van der Waals surface area contributed by atoms with Crippen molar-refractivity contribution in [1.29, 1.82) is 0 Å². The molecule has 29 heavy (non-hydrogen) atoms. The smallest absolute Gasteiger partial charge is 0.391 e. The first kappa shape index (κ1) is 31.0. The molecule has 13 heteroatoms. The van der Waals surface area contributed by atoms with Gasteiger partial charge in [0.25, 0.3) is 0 Å². The van der Waals surface area contributed by atoms with Gasteiger partial charge in [0.1, 0.15) is 0 Å². The monoisotopic (exact) mass is 604 g/mol. The van der Waals surface area contributed by atoms with E-state index in [0.29, 0.717) is 0 Å². The maximum atomic E-state index is 11.5. The molecular formula is C16H8F6MoS6-6. The van der Waals surface area contributed by atoms with Crippen LogP contribution in [0.1, 0.15) is 0 Å². The standard InChI is InChI=1S/2C6H6S2.C4H2F6S2.Mo/c2*7-5-3-1-2-4-6(5)8;5-3(6,7)1(11)2(12)4(8,9)10;/h2*1-4,7-8H;11-12H;/p-6/b;;2-1-;. The Kier molecular flexibility index (Phi) is 14.9. The second kappa shape index (κ2) is 13.9. The van der Waals surface area contributed by atoms with Gasteiger partial charge in [0, 0.05) is 21.1 Å². The summed E-state index contributed by atoms with van der Waals surface area (Å²) in [5.74, 6) is 0. The quantitative estimate of drug-likeness (QED) is 0.223. The Labute approximate surface area is 212 Å². The molecule has 0 atom stereocenters. The number of allylic oxidation sites excluding steroid dienone is 2. The number of alkyl halides is 6. The zero-order chi connectivity index (χ0) is 22.1. The molecule has 0 saturated heterocycles. The molecule has 0 aliphatic rings. The van der Waals surface area contributed by atoms with Gasteiger partial charge in [-0.15, -0.1) is 9.81 Å². The van der Waals surface area contributed by atoms with Gasteiger partial charge in [-0.3, -0.25) is 0 Å². The molecule has 0 aliphatic heterocycles. The Morgan fingerprint density at radius 2 is 0.690 bits per heavy atom. The van der Waals surface area contributed by atoms with Crippen LogP contribution in [0.4, 0.5) is 26.3 Å². The van der Waals surface area contributed by atoms with Crippen LogP contribution in [0.25, 0.3) is 0 Å². The van der Waals surface area contributed by atoms with Gasteiger partial charge in [0.05, 0.1) is 0 Å². The maximum absolute atomic E-state index is 11.5. The van der Waals surface area contributed by atoms with Crippen molar-refractivity contribution in [2.75, 3.05) is 0 Å². The Hall–Kier alpha value is -0.232. The minimum atomic E-state index is -5.19. The molecular weight excluding hydrogens is 595 g/mol. The predicted molar refractivity (Wildman–Crippen MR) is 109 cm³/mol. The number of halogens is 6. The van der Waals surface area contributed by atoms with Gasteiger partial charge in [-0.05, 0) is 0 Å². The van der Waals surface area contributed by atoms with Gasteiger partial charge >= 0.3 is 12.4 Å². The van der Waals surface area contributed by atoms with Gasteiger partial charge in [-0.25, -0.2) is 0 Å². The van der Waals surface area contributed by atoms with Crippen LogP contribution < -0.4 is 0 Å². The Bertz CT molecular complexity index is 684. The van der Waals surface area contributed by atoms with Gasteiger partial charge in [0.2, 0.25) is 0 Å². The van der Waals surface area contributed by atoms with E-state index in [2.05, 4.69) is 25.3 Å². The number of hydrogen-bond acceptors (Lipinski definition) is 6. The van der Waals surface area contributed by atoms with Crippen LogP contribution in [0.2, 0.25) is 0 Å². The molecule has 0 aromatic heterocycles. The average Bonchev–Trinajstić information content (AvgIpc) is 2.58. The van der Waals surface area contributed by atoms with Crippen LogP contribution in [0, 0.1) is 0 Å². The normalized spacial score (nSPS) is 11.5. The van der Waals surface area contributed by atoms with Crippen LogP contribution in [-0.4, -0.2) is 12.4 Å². The third kappa shape index (κ3) is 12.9. The molecule has 2 aromatic rings. The van der Waals surface area contributed by atoms with Crippen molar-refractivity contribution in [2.45, 2.75) is 31.9 Å². The van der Waals surface area contributed by atoms with Gasteiger partial charge in [-0.2, -0.15) is 45.9 Å². The molecule has 0 fully saturated rings. The van der Waals surface area contributed by atoms with Gasteiger partial charge in [0.15, 0.2) is 0 Å². The number of rotatable bonds is 0. The fourth-order valence-corrected chi connectivity index (χ4v) is 1.98. The van der Waals surface area contributed by atoms with E-state index in [1.54, 1.807) is 0 Å². The fourth-order valence-electron chi connectivity index (χ4n) is 1.16. The summed E-state index contributed by atoms with van der Waals surface area (Å²) in [5.41, 5.74) is 0. The summed E-state index contributed by atoms with van der Waals surface area (Å²) in [7, 11) is 0. The van der Waals surface area contributed by atoms with Gasteiger partial charge < -0.3 is 75.8 Å². The van der Waals surface area contributed by atoms with Crippen molar-refractivity contribution in [3.63, 3.8) is 0 Å². The summed E-state index contributed by atoms with van der Waals surface area (Å²) in [5, 5.41) is 0. The van der Waals surface area contributed by atoms with Gasteiger partial charge in [-0.1, -0.05) is 48.5 Å². The third-order valence-corrected chi connectivity index (χ3v) is 5.10. The van der Waals surface area contributed by atoms with E-state index in [4.69, 9.17) is 50.5 Å². The second-order valence-electron chi connectivity index (χ2n) is 4.55. The summed E-state index contributed by atoms with van der Waals surface area (Å²) in [6.45, 7) is 0. The molecule has 2 aromatic carbocycles. The topological polar surface area (TPSA) is 0 Å². The minimum absolute atomic E-state index is 0. The van der Waals surface area contributed by atoms with Crippen molar-refractivity contribution in [3.05, 3.63) is 58.3 Å². The van der Waals surface area contributed by atoms with Crippen LogP contribution >= 0.6 is 0 Å². The Morgan fingerprint density at radius 3 is 0.793 bits per heavy atom. The van der Waals surface area contributed by atoms with E-state index >= 15 is 0 Å². The molecule has 0 bridgehead atoms. The molecule has 162 valence electrons. The van der Waals surface area contributed by atoms with E-state index in [9.17, 15) is 26.3 Å². The largest absolute Gasteiger partial charge is 0.781 e. The molecule has 0 saturated carbocycles. The molecule has 0 spiro atoms. The fraction of sp³-hybridized carbons (Fsp3) is 0.125. The van der Waals surface area contributed by atoms with Crippen molar-refractivity contribution in [3.8, 4) is 0 Å². The molecule has 0 amide bonds. The molecule has 0 heterocycles. The van der Waals surface area contributed by atoms with Crippen molar-refractivity contribution in [1.82, 2.24) is 0 Å². The van der Waals surface area contributed by atoms with Crippen molar-refractivity contribution in [2.24, 2.45) is 0 Å².